The van der Waals surface area contributed by atoms with Crippen LogP contribution < -0.4 is 9.47 Å². The first-order valence-electron chi connectivity index (χ1n) is 10.5. The lowest BCUT2D eigenvalue weighted by Crippen LogP contribution is -2.29. The number of hydrogen-bond acceptors (Lipinski definition) is 6. The van der Waals surface area contributed by atoms with E-state index >= 15 is 0 Å². The van der Waals surface area contributed by atoms with E-state index < -0.39 is 17.7 Å². The molecule has 2 aromatic carbocycles. The third-order valence-corrected chi connectivity index (χ3v) is 6.81. The smallest absolute Gasteiger partial charge is 0.295 e. The summed E-state index contributed by atoms with van der Waals surface area (Å²) in [5, 5.41) is 13.2. The predicted octanol–water partition coefficient (Wildman–Crippen LogP) is 5.00. The Bertz CT molecular complexity index is 1250. The van der Waals surface area contributed by atoms with Gasteiger partial charge in [0, 0.05) is 16.0 Å². The number of para-hydroxylation sites is 1. The maximum Gasteiger partial charge on any atom is 0.295 e. The fourth-order valence-electron chi connectivity index (χ4n) is 4.21. The summed E-state index contributed by atoms with van der Waals surface area (Å²) in [5.41, 5.74) is 2.94. The first-order chi connectivity index (χ1) is 15.9. The third-order valence-electron chi connectivity index (χ3n) is 5.88. The van der Waals surface area contributed by atoms with Gasteiger partial charge in [-0.1, -0.05) is 24.3 Å². The van der Waals surface area contributed by atoms with Crippen molar-refractivity contribution in [3.63, 3.8) is 0 Å². The number of ketones is 1. The van der Waals surface area contributed by atoms with E-state index in [9.17, 15) is 14.7 Å². The van der Waals surface area contributed by atoms with Gasteiger partial charge in [-0.2, -0.15) is 0 Å². The zero-order valence-corrected chi connectivity index (χ0v) is 19.7. The van der Waals surface area contributed by atoms with Crippen LogP contribution in [0.4, 0.5) is 0 Å². The summed E-state index contributed by atoms with van der Waals surface area (Å²) in [6, 6.07) is 14.0. The summed E-state index contributed by atoms with van der Waals surface area (Å²) < 4.78 is 10.8. The van der Waals surface area contributed by atoms with E-state index in [-0.39, 0.29) is 17.9 Å². The number of carbonyl (C=O) groups excluding carboxylic acids is 2. The molecule has 1 saturated heterocycles. The number of aliphatic hydroxyl groups excluding tert-OH is 1. The first-order valence-corrected chi connectivity index (χ1v) is 11.3. The number of Topliss-reactive ketones (excluding diaryl/α,β-unsaturated/α-hetero) is 1. The van der Waals surface area contributed by atoms with Gasteiger partial charge < -0.3 is 19.5 Å². The maximum atomic E-state index is 13.2. The highest BCUT2D eigenvalue weighted by atomic mass is 32.1. The van der Waals surface area contributed by atoms with Crippen molar-refractivity contribution in [2.24, 2.45) is 0 Å². The minimum absolute atomic E-state index is 0.0880. The predicted molar refractivity (Wildman–Crippen MR) is 128 cm³/mol. The molecule has 0 radical (unpaired) electrons. The average Bonchev–Trinajstić information content (AvgIpc) is 3.43. The Hall–Kier alpha value is -3.58. The highest BCUT2D eigenvalue weighted by molar-refractivity contribution is 7.10. The molecule has 33 heavy (non-hydrogen) atoms. The molecule has 0 saturated carbocycles. The fraction of sp³-hybridized carbons (Fsp3) is 0.231. The summed E-state index contributed by atoms with van der Waals surface area (Å²) in [6.07, 6.45) is 0. The molecule has 6 nitrogen and oxygen atoms in total. The molecule has 1 aliphatic rings. The number of aryl methyl sites for hydroxylation is 2. The zero-order valence-electron chi connectivity index (χ0n) is 18.9. The van der Waals surface area contributed by atoms with E-state index in [1.807, 2.05) is 61.7 Å². The van der Waals surface area contributed by atoms with Crippen molar-refractivity contribution in [3.05, 3.63) is 86.6 Å². The summed E-state index contributed by atoms with van der Waals surface area (Å²) in [4.78, 5) is 28.7. The Morgan fingerprint density at radius 3 is 2.39 bits per heavy atom. The minimum atomic E-state index is -0.700. The van der Waals surface area contributed by atoms with Gasteiger partial charge in [0.2, 0.25) is 0 Å². The van der Waals surface area contributed by atoms with Crippen molar-refractivity contribution in [2.75, 3.05) is 14.2 Å². The Morgan fingerprint density at radius 1 is 1.00 bits per heavy atom. The molecule has 4 rings (SSSR count). The number of aliphatic hydroxyl groups is 1. The molecule has 1 N–H and O–H groups in total. The van der Waals surface area contributed by atoms with Gasteiger partial charge in [0.15, 0.2) is 0 Å². The lowest BCUT2D eigenvalue weighted by molar-refractivity contribution is -0.140. The maximum absolute atomic E-state index is 13.2. The second kappa shape index (κ2) is 9.11. The van der Waals surface area contributed by atoms with Crippen LogP contribution in [0, 0.1) is 13.8 Å². The Kier molecular flexibility index (Phi) is 6.24. The molecular weight excluding hydrogens is 438 g/mol. The van der Waals surface area contributed by atoms with Gasteiger partial charge in [-0.15, -0.1) is 11.3 Å². The van der Waals surface area contributed by atoms with Gasteiger partial charge in [-0.25, -0.2) is 0 Å². The minimum Gasteiger partial charge on any atom is -0.507 e. The molecule has 1 aromatic heterocycles. The summed E-state index contributed by atoms with van der Waals surface area (Å²) >= 11 is 1.44. The van der Waals surface area contributed by atoms with Crippen LogP contribution >= 0.6 is 11.3 Å². The van der Waals surface area contributed by atoms with E-state index in [1.165, 1.54) is 16.2 Å². The SMILES string of the molecule is COc1cc(C)c(/C(O)=C2/C(=O)C(=O)N(Cc3ccccc3OC)C2c2cccs2)cc1C. The van der Waals surface area contributed by atoms with E-state index in [0.717, 1.165) is 21.6 Å². The van der Waals surface area contributed by atoms with Gasteiger partial charge in [-0.3, -0.25) is 9.59 Å². The average molecular weight is 464 g/mol. The summed E-state index contributed by atoms with van der Waals surface area (Å²) in [6.45, 7) is 3.88. The normalized spacial score (nSPS) is 17.5. The molecule has 3 aromatic rings. The summed E-state index contributed by atoms with van der Waals surface area (Å²) in [5.74, 6) is -0.212. The van der Waals surface area contributed by atoms with Crippen LogP contribution in [-0.2, 0) is 16.1 Å². The van der Waals surface area contributed by atoms with E-state index in [0.29, 0.717) is 17.1 Å². The second-order valence-electron chi connectivity index (χ2n) is 7.89. The van der Waals surface area contributed by atoms with Gasteiger partial charge >= 0.3 is 0 Å². The van der Waals surface area contributed by atoms with Crippen LogP contribution in [0.2, 0.25) is 0 Å². The van der Waals surface area contributed by atoms with Crippen LogP contribution in [0.3, 0.4) is 0 Å². The molecule has 170 valence electrons. The van der Waals surface area contributed by atoms with Crippen LogP contribution in [0.15, 0.2) is 59.5 Å². The highest BCUT2D eigenvalue weighted by Gasteiger charge is 2.46. The third kappa shape index (κ3) is 4.00. The number of amides is 1. The monoisotopic (exact) mass is 463 g/mol. The van der Waals surface area contributed by atoms with Crippen LogP contribution in [0.1, 0.15) is 33.2 Å². The number of thiophene rings is 1. The lowest BCUT2D eigenvalue weighted by Gasteiger charge is -2.25. The molecule has 0 bridgehead atoms. The molecule has 1 fully saturated rings. The number of nitrogens with zero attached hydrogens (tertiary/aromatic N) is 1. The number of carbonyl (C=O) groups is 2. The molecule has 2 heterocycles. The van der Waals surface area contributed by atoms with Crippen molar-refractivity contribution in [1.82, 2.24) is 4.90 Å². The number of ether oxygens (including phenoxy) is 2. The van der Waals surface area contributed by atoms with Gasteiger partial charge in [-0.05, 0) is 54.6 Å². The topological polar surface area (TPSA) is 76.1 Å². The van der Waals surface area contributed by atoms with Crippen molar-refractivity contribution >= 4 is 28.8 Å². The Labute approximate surface area is 196 Å². The number of hydrogen-bond donors (Lipinski definition) is 1. The standard InChI is InChI=1S/C26H25NO5S/c1-15-13-20(32-4)16(2)12-18(15)24(28)22-23(21-10-7-11-33-21)27(26(30)25(22)29)14-17-8-5-6-9-19(17)31-3/h5-13,23,28H,14H2,1-4H3/b24-22-. The Balaban J connectivity index is 1.87. The van der Waals surface area contributed by atoms with Gasteiger partial charge in [0.05, 0.1) is 32.4 Å². The second-order valence-corrected chi connectivity index (χ2v) is 8.87. The molecule has 7 heteroatoms. The lowest BCUT2D eigenvalue weighted by atomic mass is 9.95. The van der Waals surface area contributed by atoms with Crippen LogP contribution in [0.25, 0.3) is 5.76 Å². The van der Waals surface area contributed by atoms with Gasteiger partial charge in [0.25, 0.3) is 11.7 Å². The van der Waals surface area contributed by atoms with Gasteiger partial charge in [0.1, 0.15) is 17.3 Å². The highest BCUT2D eigenvalue weighted by Crippen LogP contribution is 2.43. The quantitative estimate of drug-likeness (QED) is 0.316. The zero-order chi connectivity index (χ0) is 23.7. The first kappa shape index (κ1) is 22.6. The van der Waals surface area contributed by atoms with Crippen molar-refractivity contribution in [3.8, 4) is 11.5 Å². The van der Waals surface area contributed by atoms with E-state index in [1.54, 1.807) is 20.3 Å². The van der Waals surface area contributed by atoms with Crippen LogP contribution in [0.5, 0.6) is 11.5 Å². The largest absolute Gasteiger partial charge is 0.507 e. The van der Waals surface area contributed by atoms with Crippen LogP contribution in [-0.4, -0.2) is 35.9 Å². The van der Waals surface area contributed by atoms with Crippen molar-refractivity contribution < 1.29 is 24.2 Å². The Morgan fingerprint density at radius 2 is 1.73 bits per heavy atom. The van der Waals surface area contributed by atoms with E-state index in [2.05, 4.69) is 0 Å². The number of likely N-dealkylation sites (tertiary alicyclic amines) is 1. The van der Waals surface area contributed by atoms with Crippen molar-refractivity contribution in [2.45, 2.75) is 26.4 Å². The molecule has 1 amide bonds. The fourth-order valence-corrected chi connectivity index (χ4v) is 5.06. The number of benzene rings is 2. The molecule has 0 aliphatic carbocycles. The number of rotatable bonds is 6. The van der Waals surface area contributed by atoms with E-state index in [4.69, 9.17) is 9.47 Å². The molecule has 0 spiro atoms. The summed E-state index contributed by atoms with van der Waals surface area (Å²) in [7, 11) is 3.15. The van der Waals surface area contributed by atoms with Crippen molar-refractivity contribution in [1.29, 1.82) is 0 Å². The molecule has 1 unspecified atom stereocenters. The number of methoxy groups -OCH3 is 2. The molecule has 1 aliphatic heterocycles. The molecule has 1 atom stereocenters. The molecular formula is C26H25NO5S.